The van der Waals surface area contributed by atoms with Crippen molar-refractivity contribution in [3.05, 3.63) is 65.5 Å². The summed E-state index contributed by atoms with van der Waals surface area (Å²) in [4.78, 5) is 0. The molecule has 0 heterocycles. The molecule has 1 atom stereocenters. The minimum absolute atomic E-state index is 0.184. The summed E-state index contributed by atoms with van der Waals surface area (Å²) < 4.78 is 18.3. The SMILES string of the molecule is CCc1ccc(C(N)COc2ccc(F)cc2)cc1. The molecule has 2 aromatic rings. The van der Waals surface area contributed by atoms with E-state index in [2.05, 4.69) is 19.1 Å². The molecule has 19 heavy (non-hydrogen) atoms. The van der Waals surface area contributed by atoms with Crippen LogP contribution >= 0.6 is 0 Å². The Balaban J connectivity index is 1.93. The molecule has 100 valence electrons. The summed E-state index contributed by atoms with van der Waals surface area (Å²) in [7, 11) is 0. The Bertz CT molecular complexity index is 507. The first kappa shape index (κ1) is 13.6. The van der Waals surface area contributed by atoms with Crippen LogP contribution in [0.4, 0.5) is 4.39 Å². The van der Waals surface area contributed by atoms with Crippen molar-refractivity contribution in [2.45, 2.75) is 19.4 Å². The number of aryl methyl sites for hydroxylation is 1. The van der Waals surface area contributed by atoms with Gasteiger partial charge in [-0.2, -0.15) is 0 Å². The zero-order valence-corrected chi connectivity index (χ0v) is 11.0. The van der Waals surface area contributed by atoms with Crippen LogP contribution in [0.2, 0.25) is 0 Å². The molecule has 0 aliphatic heterocycles. The summed E-state index contributed by atoms with van der Waals surface area (Å²) in [6, 6.07) is 14.0. The summed E-state index contributed by atoms with van der Waals surface area (Å²) in [6.07, 6.45) is 1.02. The van der Waals surface area contributed by atoms with Crippen LogP contribution in [0.3, 0.4) is 0 Å². The van der Waals surface area contributed by atoms with Crippen molar-refractivity contribution >= 4 is 0 Å². The first-order valence-corrected chi connectivity index (χ1v) is 6.42. The van der Waals surface area contributed by atoms with E-state index in [1.54, 1.807) is 12.1 Å². The Labute approximate surface area is 113 Å². The second-order valence-electron chi connectivity index (χ2n) is 4.47. The van der Waals surface area contributed by atoms with E-state index >= 15 is 0 Å². The zero-order chi connectivity index (χ0) is 13.7. The van der Waals surface area contributed by atoms with Gasteiger partial charge in [0.15, 0.2) is 0 Å². The van der Waals surface area contributed by atoms with E-state index in [4.69, 9.17) is 10.5 Å². The molecule has 0 amide bonds. The number of benzene rings is 2. The second kappa shape index (κ2) is 6.34. The van der Waals surface area contributed by atoms with Crippen molar-refractivity contribution in [2.24, 2.45) is 5.73 Å². The van der Waals surface area contributed by atoms with Crippen molar-refractivity contribution in [2.75, 3.05) is 6.61 Å². The molecule has 0 aliphatic rings. The van der Waals surface area contributed by atoms with Crippen LogP contribution in [0.15, 0.2) is 48.5 Å². The highest BCUT2D eigenvalue weighted by atomic mass is 19.1. The first-order chi connectivity index (χ1) is 9.19. The van der Waals surface area contributed by atoms with E-state index < -0.39 is 0 Å². The number of ether oxygens (including phenoxy) is 1. The van der Waals surface area contributed by atoms with Crippen molar-refractivity contribution in [1.82, 2.24) is 0 Å². The van der Waals surface area contributed by atoms with Crippen LogP contribution in [0.25, 0.3) is 0 Å². The molecule has 0 aromatic heterocycles. The molecule has 2 rings (SSSR count). The third-order valence-corrected chi connectivity index (χ3v) is 3.06. The van der Waals surface area contributed by atoms with Crippen molar-refractivity contribution < 1.29 is 9.13 Å². The first-order valence-electron chi connectivity index (χ1n) is 6.42. The average Bonchev–Trinajstić information content (AvgIpc) is 2.46. The van der Waals surface area contributed by atoms with Gasteiger partial charge in [0.2, 0.25) is 0 Å². The lowest BCUT2D eigenvalue weighted by molar-refractivity contribution is 0.290. The monoisotopic (exact) mass is 259 g/mol. The molecule has 0 radical (unpaired) electrons. The van der Waals surface area contributed by atoms with Crippen molar-refractivity contribution in [1.29, 1.82) is 0 Å². The molecule has 0 bridgehead atoms. The van der Waals surface area contributed by atoms with E-state index in [1.165, 1.54) is 17.7 Å². The summed E-state index contributed by atoms with van der Waals surface area (Å²) >= 11 is 0. The number of halogens is 1. The van der Waals surface area contributed by atoms with Gasteiger partial charge < -0.3 is 10.5 Å². The van der Waals surface area contributed by atoms with Gasteiger partial charge in [-0.05, 0) is 41.8 Å². The Morgan fingerprint density at radius 3 is 2.26 bits per heavy atom. The summed E-state index contributed by atoms with van der Waals surface area (Å²) in [5.74, 6) is 0.355. The largest absolute Gasteiger partial charge is 0.492 e. The standard InChI is InChI=1S/C16H18FNO/c1-2-12-3-5-13(6-4-12)16(18)11-19-15-9-7-14(17)8-10-15/h3-10,16H,2,11,18H2,1H3. The van der Waals surface area contributed by atoms with Gasteiger partial charge in [-0.3, -0.25) is 0 Å². The van der Waals surface area contributed by atoms with Crippen LogP contribution in [0.5, 0.6) is 5.75 Å². The maximum absolute atomic E-state index is 12.7. The molecule has 2 aromatic carbocycles. The molecular formula is C16H18FNO. The Kier molecular flexibility index (Phi) is 4.53. The third-order valence-electron chi connectivity index (χ3n) is 3.06. The van der Waals surface area contributed by atoms with Gasteiger partial charge in [0, 0.05) is 0 Å². The predicted octanol–water partition coefficient (Wildman–Crippen LogP) is 3.47. The van der Waals surface area contributed by atoms with Crippen LogP contribution in [0, 0.1) is 5.82 Å². The van der Waals surface area contributed by atoms with Gasteiger partial charge in [-0.1, -0.05) is 31.2 Å². The van der Waals surface area contributed by atoms with Gasteiger partial charge in [0.1, 0.15) is 18.2 Å². The second-order valence-corrected chi connectivity index (χ2v) is 4.47. The lowest BCUT2D eigenvalue weighted by atomic mass is 10.1. The van der Waals surface area contributed by atoms with E-state index in [1.807, 2.05) is 12.1 Å². The molecular weight excluding hydrogens is 241 g/mol. The minimum Gasteiger partial charge on any atom is -0.492 e. The van der Waals surface area contributed by atoms with Gasteiger partial charge in [0.25, 0.3) is 0 Å². The normalized spacial score (nSPS) is 12.2. The van der Waals surface area contributed by atoms with E-state index in [0.29, 0.717) is 12.4 Å². The van der Waals surface area contributed by atoms with Gasteiger partial charge in [-0.15, -0.1) is 0 Å². The summed E-state index contributed by atoms with van der Waals surface area (Å²) in [5, 5.41) is 0. The van der Waals surface area contributed by atoms with Crippen LogP contribution in [-0.2, 0) is 6.42 Å². The topological polar surface area (TPSA) is 35.2 Å². The summed E-state index contributed by atoms with van der Waals surface area (Å²) in [5.41, 5.74) is 8.39. The van der Waals surface area contributed by atoms with Gasteiger partial charge >= 0.3 is 0 Å². The average molecular weight is 259 g/mol. The van der Waals surface area contributed by atoms with Crippen LogP contribution in [-0.4, -0.2) is 6.61 Å². The highest BCUT2D eigenvalue weighted by Crippen LogP contribution is 2.16. The number of hydrogen-bond donors (Lipinski definition) is 1. The molecule has 0 spiro atoms. The maximum Gasteiger partial charge on any atom is 0.123 e. The van der Waals surface area contributed by atoms with E-state index in [-0.39, 0.29) is 11.9 Å². The van der Waals surface area contributed by atoms with E-state index in [9.17, 15) is 4.39 Å². The molecule has 3 heteroatoms. The fourth-order valence-electron chi connectivity index (χ4n) is 1.81. The molecule has 0 aliphatic carbocycles. The highest BCUT2D eigenvalue weighted by molar-refractivity contribution is 5.26. The Morgan fingerprint density at radius 2 is 1.68 bits per heavy atom. The lowest BCUT2D eigenvalue weighted by Crippen LogP contribution is -2.18. The van der Waals surface area contributed by atoms with Crippen molar-refractivity contribution in [3.8, 4) is 5.75 Å². The zero-order valence-electron chi connectivity index (χ0n) is 11.0. The van der Waals surface area contributed by atoms with Gasteiger partial charge in [0.05, 0.1) is 6.04 Å². The van der Waals surface area contributed by atoms with E-state index in [0.717, 1.165) is 12.0 Å². The lowest BCUT2D eigenvalue weighted by Gasteiger charge is -2.14. The Hall–Kier alpha value is -1.87. The van der Waals surface area contributed by atoms with Gasteiger partial charge in [-0.25, -0.2) is 4.39 Å². The summed E-state index contributed by atoms with van der Waals surface area (Å²) in [6.45, 7) is 2.49. The van der Waals surface area contributed by atoms with Crippen LogP contribution in [0.1, 0.15) is 24.1 Å². The fraction of sp³-hybridized carbons (Fsp3) is 0.250. The number of rotatable bonds is 5. The Morgan fingerprint density at radius 1 is 1.05 bits per heavy atom. The smallest absolute Gasteiger partial charge is 0.123 e. The number of hydrogen-bond acceptors (Lipinski definition) is 2. The molecule has 0 saturated heterocycles. The molecule has 1 unspecified atom stereocenters. The molecule has 0 saturated carbocycles. The molecule has 2 N–H and O–H groups in total. The predicted molar refractivity (Wildman–Crippen MR) is 74.6 cm³/mol. The molecule has 2 nitrogen and oxygen atoms in total. The van der Waals surface area contributed by atoms with Crippen LogP contribution < -0.4 is 10.5 Å². The fourth-order valence-corrected chi connectivity index (χ4v) is 1.81. The maximum atomic E-state index is 12.7. The molecule has 0 fully saturated rings. The highest BCUT2D eigenvalue weighted by Gasteiger charge is 2.07. The third kappa shape index (κ3) is 3.80. The minimum atomic E-state index is -0.271. The quantitative estimate of drug-likeness (QED) is 0.892. The number of nitrogens with two attached hydrogens (primary N) is 1. The van der Waals surface area contributed by atoms with Crippen molar-refractivity contribution in [3.63, 3.8) is 0 Å².